The minimum absolute atomic E-state index is 0.392. The van der Waals surface area contributed by atoms with E-state index in [4.69, 9.17) is 9.72 Å². The van der Waals surface area contributed by atoms with E-state index >= 15 is 0 Å². The summed E-state index contributed by atoms with van der Waals surface area (Å²) in [7, 11) is 0. The van der Waals surface area contributed by atoms with Crippen molar-refractivity contribution in [2.75, 3.05) is 36.5 Å². The van der Waals surface area contributed by atoms with Gasteiger partial charge in [0.1, 0.15) is 5.82 Å². The van der Waals surface area contributed by atoms with E-state index < -0.39 is 0 Å². The van der Waals surface area contributed by atoms with Crippen LogP contribution in [0.25, 0.3) is 10.8 Å². The third-order valence-electron chi connectivity index (χ3n) is 3.82. The van der Waals surface area contributed by atoms with Crippen molar-refractivity contribution in [3.05, 3.63) is 30.0 Å². The zero-order chi connectivity index (χ0) is 14.8. The Balaban J connectivity index is 2.13. The first-order valence-corrected chi connectivity index (χ1v) is 7.65. The van der Waals surface area contributed by atoms with Gasteiger partial charge in [0.25, 0.3) is 0 Å². The zero-order valence-corrected chi connectivity index (χ0v) is 13.0. The number of nitrogens with zero attached hydrogens (tertiary/aromatic N) is 2. The summed E-state index contributed by atoms with van der Waals surface area (Å²) in [6.07, 6.45) is 0. The average molecular weight is 285 g/mol. The molecule has 1 aromatic heterocycles. The molecule has 3 rings (SSSR count). The molecule has 112 valence electrons. The van der Waals surface area contributed by atoms with Gasteiger partial charge in [-0.15, -0.1) is 0 Å². The molecule has 0 amide bonds. The molecule has 1 aliphatic heterocycles. The number of benzene rings is 1. The molecule has 1 fully saturated rings. The molecule has 0 atom stereocenters. The van der Waals surface area contributed by atoms with Crippen LogP contribution < -0.4 is 10.2 Å². The molecular weight excluding hydrogens is 262 g/mol. The molecule has 0 radical (unpaired) electrons. The van der Waals surface area contributed by atoms with Crippen LogP contribution in [0.5, 0.6) is 0 Å². The number of aryl methyl sites for hydroxylation is 1. The SMILES string of the molecule is Cc1nc(N2CCOCC2)c2ccccc2c1NC(C)C. The number of fused-ring (bicyclic) bond motifs is 1. The number of ether oxygens (including phenoxy) is 1. The molecule has 21 heavy (non-hydrogen) atoms. The van der Waals surface area contributed by atoms with Crippen molar-refractivity contribution in [2.45, 2.75) is 26.8 Å². The van der Waals surface area contributed by atoms with Crippen LogP contribution in [0.2, 0.25) is 0 Å². The van der Waals surface area contributed by atoms with Crippen molar-refractivity contribution in [3.8, 4) is 0 Å². The van der Waals surface area contributed by atoms with E-state index in [0.717, 1.165) is 43.5 Å². The molecule has 0 aliphatic carbocycles. The van der Waals surface area contributed by atoms with Gasteiger partial charge in [0.2, 0.25) is 0 Å². The Bertz CT molecular complexity index is 633. The molecule has 2 heterocycles. The van der Waals surface area contributed by atoms with Gasteiger partial charge in [0.05, 0.1) is 24.6 Å². The Kier molecular flexibility index (Phi) is 3.97. The highest BCUT2D eigenvalue weighted by molar-refractivity contribution is 6.01. The van der Waals surface area contributed by atoms with Gasteiger partial charge >= 0.3 is 0 Å². The maximum Gasteiger partial charge on any atom is 0.137 e. The van der Waals surface area contributed by atoms with Crippen LogP contribution in [-0.2, 0) is 4.74 Å². The van der Waals surface area contributed by atoms with E-state index in [1.54, 1.807) is 0 Å². The summed E-state index contributed by atoms with van der Waals surface area (Å²) in [6.45, 7) is 9.78. The quantitative estimate of drug-likeness (QED) is 0.939. The number of rotatable bonds is 3. The lowest BCUT2D eigenvalue weighted by Gasteiger charge is -2.30. The summed E-state index contributed by atoms with van der Waals surface area (Å²) in [5.74, 6) is 1.08. The molecular formula is C17H23N3O. The van der Waals surface area contributed by atoms with E-state index in [1.807, 2.05) is 0 Å². The van der Waals surface area contributed by atoms with E-state index in [0.29, 0.717) is 6.04 Å². The predicted molar refractivity (Wildman–Crippen MR) is 88.3 cm³/mol. The molecule has 2 aromatic rings. The van der Waals surface area contributed by atoms with Gasteiger partial charge in [-0.1, -0.05) is 24.3 Å². The number of nitrogens with one attached hydrogen (secondary N) is 1. The molecule has 0 saturated carbocycles. The Morgan fingerprint density at radius 1 is 1.14 bits per heavy atom. The third-order valence-corrected chi connectivity index (χ3v) is 3.82. The number of aromatic nitrogens is 1. The van der Waals surface area contributed by atoms with Crippen LogP contribution in [0.4, 0.5) is 11.5 Å². The summed E-state index contributed by atoms with van der Waals surface area (Å²) in [5.41, 5.74) is 2.21. The first kappa shape index (κ1) is 14.1. The molecule has 4 heteroatoms. The summed E-state index contributed by atoms with van der Waals surface area (Å²) >= 11 is 0. The summed E-state index contributed by atoms with van der Waals surface area (Å²) < 4.78 is 5.46. The van der Waals surface area contributed by atoms with Crippen LogP contribution in [0.15, 0.2) is 24.3 Å². The lowest BCUT2D eigenvalue weighted by molar-refractivity contribution is 0.122. The van der Waals surface area contributed by atoms with Gasteiger partial charge in [0, 0.05) is 29.9 Å². The van der Waals surface area contributed by atoms with Gasteiger partial charge in [-0.2, -0.15) is 0 Å². The molecule has 1 N–H and O–H groups in total. The van der Waals surface area contributed by atoms with Crippen molar-refractivity contribution >= 4 is 22.3 Å². The van der Waals surface area contributed by atoms with Gasteiger partial charge in [-0.25, -0.2) is 4.98 Å². The monoisotopic (exact) mass is 285 g/mol. The van der Waals surface area contributed by atoms with Crippen LogP contribution in [-0.4, -0.2) is 37.3 Å². The summed E-state index contributed by atoms with van der Waals surface area (Å²) in [5, 5.41) is 6.01. The average Bonchev–Trinajstić information content (AvgIpc) is 2.50. The first-order chi connectivity index (χ1) is 10.2. The highest BCUT2D eigenvalue weighted by Gasteiger charge is 2.18. The minimum Gasteiger partial charge on any atom is -0.381 e. The Morgan fingerprint density at radius 2 is 1.81 bits per heavy atom. The molecule has 0 unspecified atom stereocenters. The lowest BCUT2D eigenvalue weighted by atomic mass is 10.1. The summed E-state index contributed by atoms with van der Waals surface area (Å²) in [4.78, 5) is 7.22. The molecule has 4 nitrogen and oxygen atoms in total. The van der Waals surface area contributed by atoms with Gasteiger partial charge in [0.15, 0.2) is 0 Å². The predicted octanol–water partition coefficient (Wildman–Crippen LogP) is 3.20. The van der Waals surface area contributed by atoms with Crippen molar-refractivity contribution in [1.29, 1.82) is 0 Å². The van der Waals surface area contributed by atoms with Crippen molar-refractivity contribution in [2.24, 2.45) is 0 Å². The van der Waals surface area contributed by atoms with Gasteiger partial charge in [-0.3, -0.25) is 0 Å². The number of morpholine rings is 1. The fourth-order valence-electron chi connectivity index (χ4n) is 2.85. The number of hydrogen-bond acceptors (Lipinski definition) is 4. The molecule has 0 bridgehead atoms. The molecule has 1 aliphatic rings. The van der Waals surface area contributed by atoms with E-state index in [-0.39, 0.29) is 0 Å². The largest absolute Gasteiger partial charge is 0.381 e. The standard InChI is InChI=1S/C17H23N3O/c1-12(2)18-16-13(3)19-17(20-8-10-21-11-9-20)15-7-5-4-6-14(15)16/h4-7,12,18H,8-11H2,1-3H3. The Morgan fingerprint density at radius 3 is 2.48 bits per heavy atom. The second-order valence-corrected chi connectivity index (χ2v) is 5.84. The van der Waals surface area contributed by atoms with Gasteiger partial charge < -0.3 is 15.0 Å². The van der Waals surface area contributed by atoms with Crippen molar-refractivity contribution in [3.63, 3.8) is 0 Å². The van der Waals surface area contributed by atoms with Crippen LogP contribution in [0, 0.1) is 6.92 Å². The maximum atomic E-state index is 5.46. The molecule has 0 spiro atoms. The second-order valence-electron chi connectivity index (χ2n) is 5.84. The number of hydrogen-bond donors (Lipinski definition) is 1. The van der Waals surface area contributed by atoms with Crippen molar-refractivity contribution < 1.29 is 4.74 Å². The van der Waals surface area contributed by atoms with Crippen LogP contribution >= 0.6 is 0 Å². The third kappa shape index (κ3) is 2.81. The van der Waals surface area contributed by atoms with Gasteiger partial charge in [-0.05, 0) is 20.8 Å². The lowest BCUT2D eigenvalue weighted by Crippen LogP contribution is -2.37. The first-order valence-electron chi connectivity index (χ1n) is 7.65. The zero-order valence-electron chi connectivity index (χ0n) is 13.0. The second kappa shape index (κ2) is 5.90. The number of anilines is 2. The Hall–Kier alpha value is -1.81. The fourth-order valence-corrected chi connectivity index (χ4v) is 2.85. The molecule has 1 saturated heterocycles. The van der Waals surface area contributed by atoms with Crippen LogP contribution in [0.3, 0.4) is 0 Å². The number of pyridine rings is 1. The Labute approximate surface area is 126 Å². The normalized spacial score (nSPS) is 15.7. The minimum atomic E-state index is 0.392. The fraction of sp³-hybridized carbons (Fsp3) is 0.471. The van der Waals surface area contributed by atoms with E-state index in [1.165, 1.54) is 10.8 Å². The summed E-state index contributed by atoms with van der Waals surface area (Å²) in [6, 6.07) is 8.92. The highest BCUT2D eigenvalue weighted by Crippen LogP contribution is 2.33. The van der Waals surface area contributed by atoms with Crippen molar-refractivity contribution in [1.82, 2.24) is 4.98 Å². The smallest absolute Gasteiger partial charge is 0.137 e. The van der Waals surface area contributed by atoms with E-state index in [9.17, 15) is 0 Å². The topological polar surface area (TPSA) is 37.4 Å². The molecule has 1 aromatic carbocycles. The van der Waals surface area contributed by atoms with E-state index in [2.05, 4.69) is 55.3 Å². The van der Waals surface area contributed by atoms with Crippen LogP contribution in [0.1, 0.15) is 19.5 Å². The highest BCUT2D eigenvalue weighted by atomic mass is 16.5. The maximum absolute atomic E-state index is 5.46.